The topological polar surface area (TPSA) is 274 Å². The van der Waals surface area contributed by atoms with Crippen molar-refractivity contribution in [2.75, 3.05) is 0 Å². The third kappa shape index (κ3) is 11.1. The largest absolute Gasteiger partial charge is 0.481 e. The molecule has 5 amide bonds. The Kier molecular flexibility index (Phi) is 11.2. The Bertz CT molecular complexity index is 741. The number of rotatable bonds is 14. The van der Waals surface area contributed by atoms with Crippen LogP contribution in [0.25, 0.3) is 0 Å². The standard InChI is InChI=1S/C16H26N6O9/c1-6(20-14(28)7(17)2-3-12(25)26)13(27)21-8(4-10(18)23)15(29)22-9(16(30)31)5-11(19)24/h6-9H,2-5,17H2,1H3,(H2,18,23)(H2,19,24)(H,20,28)(H,21,27)(H,22,29)(H,25,26)(H,30,31). The third-order valence-corrected chi connectivity index (χ3v) is 3.82. The number of aliphatic carboxylic acids is 2. The van der Waals surface area contributed by atoms with Crippen LogP contribution in [0.5, 0.6) is 0 Å². The monoisotopic (exact) mass is 446 g/mol. The van der Waals surface area contributed by atoms with E-state index in [9.17, 15) is 33.6 Å². The summed E-state index contributed by atoms with van der Waals surface area (Å²) in [5.41, 5.74) is 15.5. The van der Waals surface area contributed by atoms with Gasteiger partial charge in [-0.2, -0.15) is 0 Å². The van der Waals surface area contributed by atoms with Gasteiger partial charge in [0.1, 0.15) is 18.1 Å². The molecule has 0 saturated heterocycles. The van der Waals surface area contributed by atoms with Gasteiger partial charge >= 0.3 is 11.9 Å². The number of primary amides is 2. The molecule has 0 rings (SSSR count). The van der Waals surface area contributed by atoms with Crippen molar-refractivity contribution in [2.24, 2.45) is 17.2 Å². The van der Waals surface area contributed by atoms with E-state index in [0.717, 1.165) is 0 Å². The average molecular weight is 446 g/mol. The summed E-state index contributed by atoms with van der Waals surface area (Å²) in [6.45, 7) is 1.23. The maximum atomic E-state index is 12.3. The zero-order valence-electron chi connectivity index (χ0n) is 16.6. The van der Waals surface area contributed by atoms with Gasteiger partial charge in [-0.3, -0.25) is 28.8 Å². The summed E-state index contributed by atoms with van der Waals surface area (Å²) in [4.78, 5) is 80.3. The highest BCUT2D eigenvalue weighted by Gasteiger charge is 2.30. The lowest BCUT2D eigenvalue weighted by molar-refractivity contribution is -0.144. The minimum absolute atomic E-state index is 0.182. The fourth-order valence-electron chi connectivity index (χ4n) is 2.18. The number of carbonyl (C=O) groups excluding carboxylic acids is 5. The van der Waals surface area contributed by atoms with Crippen molar-refractivity contribution in [2.45, 2.75) is 56.8 Å². The Hall–Kier alpha value is -3.75. The maximum Gasteiger partial charge on any atom is 0.326 e. The Labute approximate surface area is 176 Å². The van der Waals surface area contributed by atoms with E-state index in [1.165, 1.54) is 6.92 Å². The van der Waals surface area contributed by atoms with Crippen LogP contribution >= 0.6 is 0 Å². The predicted octanol–water partition coefficient (Wildman–Crippen LogP) is -4.51. The molecular weight excluding hydrogens is 420 g/mol. The summed E-state index contributed by atoms with van der Waals surface area (Å²) in [6.07, 6.45) is -2.00. The Morgan fingerprint density at radius 2 is 1.26 bits per heavy atom. The van der Waals surface area contributed by atoms with Crippen molar-refractivity contribution in [1.82, 2.24) is 16.0 Å². The zero-order chi connectivity index (χ0) is 24.3. The lowest BCUT2D eigenvalue weighted by Crippen LogP contribution is -2.57. The summed E-state index contributed by atoms with van der Waals surface area (Å²) in [5, 5.41) is 23.9. The molecule has 0 bridgehead atoms. The zero-order valence-corrected chi connectivity index (χ0v) is 16.6. The van der Waals surface area contributed by atoms with Gasteiger partial charge in [0.15, 0.2) is 0 Å². The molecule has 4 unspecified atom stereocenters. The molecule has 31 heavy (non-hydrogen) atoms. The summed E-state index contributed by atoms with van der Waals surface area (Å²) in [5.74, 6) is -7.65. The van der Waals surface area contributed by atoms with E-state index in [0.29, 0.717) is 0 Å². The SMILES string of the molecule is CC(NC(=O)C(N)CCC(=O)O)C(=O)NC(CC(N)=O)C(=O)NC(CC(N)=O)C(=O)O. The van der Waals surface area contributed by atoms with Gasteiger partial charge in [-0.05, 0) is 13.3 Å². The van der Waals surface area contributed by atoms with Crippen LogP contribution in [0, 0.1) is 0 Å². The Morgan fingerprint density at radius 1 is 0.774 bits per heavy atom. The van der Waals surface area contributed by atoms with Crippen molar-refractivity contribution in [1.29, 1.82) is 0 Å². The van der Waals surface area contributed by atoms with Gasteiger partial charge in [0.25, 0.3) is 0 Å². The summed E-state index contributed by atoms with van der Waals surface area (Å²) < 4.78 is 0. The number of carbonyl (C=O) groups is 7. The molecule has 0 aromatic carbocycles. The first-order valence-electron chi connectivity index (χ1n) is 8.92. The number of hydrogen-bond acceptors (Lipinski definition) is 8. The average Bonchev–Trinajstić information content (AvgIpc) is 2.63. The van der Waals surface area contributed by atoms with Gasteiger partial charge in [0.05, 0.1) is 18.9 Å². The molecule has 0 aliphatic rings. The van der Waals surface area contributed by atoms with Crippen LogP contribution in [0.4, 0.5) is 0 Å². The molecule has 0 heterocycles. The van der Waals surface area contributed by atoms with Gasteiger partial charge in [0, 0.05) is 6.42 Å². The van der Waals surface area contributed by atoms with Crippen molar-refractivity contribution < 1.29 is 43.8 Å². The quantitative estimate of drug-likeness (QED) is 0.126. The highest BCUT2D eigenvalue weighted by molar-refractivity contribution is 5.96. The van der Waals surface area contributed by atoms with Gasteiger partial charge in [-0.25, -0.2) is 4.79 Å². The second-order valence-electron chi connectivity index (χ2n) is 6.57. The van der Waals surface area contributed by atoms with Crippen molar-refractivity contribution in [3.8, 4) is 0 Å². The van der Waals surface area contributed by atoms with Crippen LogP contribution in [0.1, 0.15) is 32.6 Å². The number of carboxylic acid groups (broad SMARTS) is 2. The first-order chi connectivity index (χ1) is 14.2. The summed E-state index contributed by atoms with van der Waals surface area (Å²) in [6, 6.07) is -5.78. The van der Waals surface area contributed by atoms with Crippen LogP contribution < -0.4 is 33.2 Å². The molecule has 0 spiro atoms. The maximum absolute atomic E-state index is 12.3. The first kappa shape index (κ1) is 27.2. The Balaban J connectivity index is 5.10. The molecule has 0 fully saturated rings. The van der Waals surface area contributed by atoms with Gasteiger partial charge in [0.2, 0.25) is 29.5 Å². The minimum atomic E-state index is -1.71. The van der Waals surface area contributed by atoms with E-state index in [2.05, 4.69) is 10.6 Å². The normalized spacial score (nSPS) is 14.3. The summed E-state index contributed by atoms with van der Waals surface area (Å²) >= 11 is 0. The van der Waals surface area contributed by atoms with E-state index in [1.54, 1.807) is 0 Å². The molecule has 0 saturated carbocycles. The fraction of sp³-hybridized carbons (Fsp3) is 0.562. The van der Waals surface area contributed by atoms with E-state index < -0.39 is 78.5 Å². The van der Waals surface area contributed by atoms with Crippen LogP contribution in [0.2, 0.25) is 0 Å². The number of nitrogens with two attached hydrogens (primary N) is 3. The molecule has 0 aliphatic carbocycles. The van der Waals surface area contributed by atoms with E-state index >= 15 is 0 Å². The molecule has 0 aromatic rings. The van der Waals surface area contributed by atoms with Crippen molar-refractivity contribution in [3.05, 3.63) is 0 Å². The van der Waals surface area contributed by atoms with Crippen LogP contribution in [0.3, 0.4) is 0 Å². The molecule has 0 radical (unpaired) electrons. The third-order valence-electron chi connectivity index (χ3n) is 3.82. The number of carboxylic acids is 2. The van der Waals surface area contributed by atoms with Crippen molar-refractivity contribution in [3.63, 3.8) is 0 Å². The first-order valence-corrected chi connectivity index (χ1v) is 8.92. The van der Waals surface area contributed by atoms with Crippen LogP contribution in [0.15, 0.2) is 0 Å². The number of nitrogens with one attached hydrogen (secondary N) is 3. The Morgan fingerprint density at radius 3 is 1.71 bits per heavy atom. The smallest absolute Gasteiger partial charge is 0.326 e. The molecule has 174 valence electrons. The number of amides is 5. The lowest BCUT2D eigenvalue weighted by Gasteiger charge is -2.22. The van der Waals surface area contributed by atoms with E-state index in [1.807, 2.05) is 5.32 Å². The van der Waals surface area contributed by atoms with Crippen LogP contribution in [-0.4, -0.2) is 75.9 Å². The number of hydrogen-bond donors (Lipinski definition) is 8. The highest BCUT2D eigenvalue weighted by Crippen LogP contribution is 2.00. The molecule has 15 heteroatoms. The molecule has 0 aromatic heterocycles. The summed E-state index contributed by atoms with van der Waals surface area (Å²) in [7, 11) is 0. The fourth-order valence-corrected chi connectivity index (χ4v) is 2.18. The molecule has 15 nitrogen and oxygen atoms in total. The van der Waals surface area contributed by atoms with Gasteiger partial charge in [-0.15, -0.1) is 0 Å². The lowest BCUT2D eigenvalue weighted by atomic mass is 10.1. The predicted molar refractivity (Wildman–Crippen MR) is 102 cm³/mol. The molecule has 11 N–H and O–H groups in total. The second kappa shape index (κ2) is 12.7. The minimum Gasteiger partial charge on any atom is -0.481 e. The van der Waals surface area contributed by atoms with Crippen molar-refractivity contribution >= 4 is 41.5 Å². The second-order valence-corrected chi connectivity index (χ2v) is 6.57. The molecule has 4 atom stereocenters. The van der Waals surface area contributed by atoms with Crippen LogP contribution in [-0.2, 0) is 33.6 Å². The molecular formula is C16H26N6O9. The molecule has 0 aliphatic heterocycles. The van der Waals surface area contributed by atoms with Gasteiger partial charge in [-0.1, -0.05) is 0 Å². The van der Waals surface area contributed by atoms with E-state index in [-0.39, 0.29) is 12.8 Å². The van der Waals surface area contributed by atoms with Gasteiger partial charge < -0.3 is 43.4 Å². The highest BCUT2D eigenvalue weighted by atomic mass is 16.4. The van der Waals surface area contributed by atoms with E-state index in [4.69, 9.17) is 27.4 Å².